The second-order valence-electron chi connectivity index (χ2n) is 28.4. The standard InChI is InChI=1S/C80H152O8/c1-5-9-13-17-21-25-29-33-37-41-45-49-53-57-61-65-75(81)85-71-74-69-70-80(72-86-76(82)66-62-58-54-50-46-42-38-34-30-26-22-18-14-10-6-2,73-87-77(83)67-63-59-55-51-47-43-39-35-31-27-23-19-15-11-7-3)79(74)88-78(84)68-64-60-56-52-48-44-40-36-32-28-24-20-16-12-8-4/h74,79H,5-73H2,1-4H3. The van der Waals surface area contributed by atoms with Crippen molar-refractivity contribution in [3.05, 3.63) is 0 Å². The van der Waals surface area contributed by atoms with E-state index in [2.05, 4.69) is 27.7 Å². The van der Waals surface area contributed by atoms with Crippen LogP contribution >= 0.6 is 0 Å². The molecular weight excluding hydrogens is 1090 g/mol. The van der Waals surface area contributed by atoms with Crippen molar-refractivity contribution in [1.82, 2.24) is 0 Å². The van der Waals surface area contributed by atoms with E-state index in [0.29, 0.717) is 38.5 Å². The molecule has 2 unspecified atom stereocenters. The Hall–Kier alpha value is -2.12. The third-order valence-corrected chi connectivity index (χ3v) is 19.7. The lowest BCUT2D eigenvalue weighted by Crippen LogP contribution is -2.46. The molecule has 8 nitrogen and oxygen atoms in total. The van der Waals surface area contributed by atoms with Gasteiger partial charge in [0.05, 0.1) is 12.0 Å². The first-order valence-electron chi connectivity index (χ1n) is 40.0. The van der Waals surface area contributed by atoms with Gasteiger partial charge >= 0.3 is 23.9 Å². The highest BCUT2D eigenvalue weighted by Crippen LogP contribution is 2.46. The minimum absolute atomic E-state index is 0.0112. The van der Waals surface area contributed by atoms with Crippen LogP contribution in [-0.4, -0.2) is 49.8 Å². The van der Waals surface area contributed by atoms with Crippen LogP contribution in [0.25, 0.3) is 0 Å². The number of ether oxygens (including phenoxy) is 4. The number of hydrogen-bond acceptors (Lipinski definition) is 8. The summed E-state index contributed by atoms with van der Waals surface area (Å²) in [7, 11) is 0. The Morgan fingerprint density at radius 3 is 0.682 bits per heavy atom. The summed E-state index contributed by atoms with van der Waals surface area (Å²) in [6.45, 7) is 9.28. The fourth-order valence-corrected chi connectivity index (χ4v) is 13.6. The van der Waals surface area contributed by atoms with E-state index in [4.69, 9.17) is 18.9 Å². The predicted molar refractivity (Wildman–Crippen MR) is 376 cm³/mol. The Morgan fingerprint density at radius 2 is 0.455 bits per heavy atom. The molecule has 520 valence electrons. The monoisotopic (exact) mass is 1240 g/mol. The first-order chi connectivity index (χ1) is 43.3. The summed E-state index contributed by atoms with van der Waals surface area (Å²) in [6.07, 6.45) is 77.8. The highest BCUT2D eigenvalue weighted by Gasteiger charge is 2.53. The molecule has 0 aromatic carbocycles. The third kappa shape index (κ3) is 54.4. The zero-order valence-corrected chi connectivity index (χ0v) is 59.7. The first kappa shape index (κ1) is 83.9. The molecule has 1 fully saturated rings. The minimum Gasteiger partial charge on any atom is -0.465 e. The van der Waals surface area contributed by atoms with Crippen LogP contribution in [0.5, 0.6) is 0 Å². The van der Waals surface area contributed by atoms with Crippen molar-refractivity contribution in [2.24, 2.45) is 11.3 Å². The molecule has 88 heavy (non-hydrogen) atoms. The van der Waals surface area contributed by atoms with E-state index in [0.717, 1.165) is 77.0 Å². The minimum atomic E-state index is -0.911. The van der Waals surface area contributed by atoms with Gasteiger partial charge in [-0.2, -0.15) is 0 Å². The van der Waals surface area contributed by atoms with Crippen molar-refractivity contribution in [3.8, 4) is 0 Å². The van der Waals surface area contributed by atoms with Gasteiger partial charge in [-0.1, -0.05) is 387 Å². The van der Waals surface area contributed by atoms with Crippen LogP contribution in [0.2, 0.25) is 0 Å². The van der Waals surface area contributed by atoms with E-state index in [-0.39, 0.29) is 49.6 Å². The highest BCUT2D eigenvalue weighted by molar-refractivity contribution is 5.71. The molecular formula is C80H152O8. The van der Waals surface area contributed by atoms with Crippen LogP contribution in [0.15, 0.2) is 0 Å². The molecule has 0 spiro atoms. The van der Waals surface area contributed by atoms with Gasteiger partial charge in [-0.15, -0.1) is 0 Å². The quantitative estimate of drug-likeness (QED) is 0.0337. The lowest BCUT2D eigenvalue weighted by Gasteiger charge is -2.36. The van der Waals surface area contributed by atoms with Crippen LogP contribution in [0.3, 0.4) is 0 Å². The molecule has 0 amide bonds. The number of carbonyl (C=O) groups is 4. The van der Waals surface area contributed by atoms with Crippen molar-refractivity contribution >= 4 is 23.9 Å². The lowest BCUT2D eigenvalue weighted by molar-refractivity contribution is -0.174. The zero-order chi connectivity index (χ0) is 63.6. The predicted octanol–water partition coefficient (Wildman–Crippen LogP) is 26.0. The van der Waals surface area contributed by atoms with Crippen LogP contribution in [-0.2, 0) is 38.1 Å². The highest BCUT2D eigenvalue weighted by atomic mass is 16.6. The number of hydrogen-bond donors (Lipinski definition) is 0. The molecule has 1 aliphatic rings. The SMILES string of the molecule is CCCCCCCCCCCCCCCCCC(=O)OCC1CCC(COC(=O)CCCCCCCCCCCCCCCCC)(COC(=O)CCCCCCCCCCCCCCCCC)C1OC(=O)CCCCCCCCCCCCCCCCC. The molecule has 1 aliphatic carbocycles. The zero-order valence-electron chi connectivity index (χ0n) is 59.7. The van der Waals surface area contributed by atoms with Gasteiger partial charge in [-0.05, 0) is 38.5 Å². The number of rotatable bonds is 71. The molecule has 1 rings (SSSR count). The Balaban J connectivity index is 2.87. The Bertz CT molecular complexity index is 1450. The smallest absolute Gasteiger partial charge is 0.306 e. The molecule has 0 bridgehead atoms. The summed E-state index contributed by atoms with van der Waals surface area (Å²) in [5.41, 5.74) is -0.911. The average molecular weight is 1240 g/mol. The number of unbranched alkanes of at least 4 members (excludes halogenated alkanes) is 56. The molecule has 0 aliphatic heterocycles. The summed E-state index contributed by atoms with van der Waals surface area (Å²) in [6, 6.07) is 0. The fourth-order valence-electron chi connectivity index (χ4n) is 13.6. The van der Waals surface area contributed by atoms with Gasteiger partial charge in [0.1, 0.15) is 19.3 Å². The van der Waals surface area contributed by atoms with Gasteiger partial charge in [0, 0.05) is 31.6 Å². The van der Waals surface area contributed by atoms with Gasteiger partial charge in [-0.3, -0.25) is 19.2 Å². The van der Waals surface area contributed by atoms with Crippen LogP contribution < -0.4 is 0 Å². The van der Waals surface area contributed by atoms with E-state index in [1.807, 2.05) is 0 Å². The lowest BCUT2D eigenvalue weighted by atomic mass is 9.83. The second-order valence-corrected chi connectivity index (χ2v) is 28.4. The maximum Gasteiger partial charge on any atom is 0.306 e. The van der Waals surface area contributed by atoms with Crippen LogP contribution in [0.1, 0.15) is 451 Å². The topological polar surface area (TPSA) is 105 Å². The normalized spacial score (nSPS) is 14.6. The van der Waals surface area contributed by atoms with E-state index in [9.17, 15) is 19.2 Å². The average Bonchev–Trinajstić information content (AvgIpc) is 2.63. The van der Waals surface area contributed by atoms with Gasteiger partial charge in [0.25, 0.3) is 0 Å². The molecule has 1 saturated carbocycles. The number of esters is 4. The van der Waals surface area contributed by atoms with Crippen molar-refractivity contribution in [1.29, 1.82) is 0 Å². The maximum atomic E-state index is 13.9. The maximum absolute atomic E-state index is 13.9. The number of carbonyl (C=O) groups excluding carboxylic acids is 4. The Labute approximate surface area is 548 Å². The molecule has 0 heterocycles. The van der Waals surface area contributed by atoms with Crippen LogP contribution in [0.4, 0.5) is 0 Å². The van der Waals surface area contributed by atoms with Crippen molar-refractivity contribution < 1.29 is 38.1 Å². The van der Waals surface area contributed by atoms with Gasteiger partial charge in [0.2, 0.25) is 0 Å². The summed E-state index contributed by atoms with van der Waals surface area (Å²) < 4.78 is 24.8. The van der Waals surface area contributed by atoms with E-state index in [1.165, 1.54) is 308 Å². The summed E-state index contributed by atoms with van der Waals surface area (Å²) in [4.78, 5) is 54.4. The van der Waals surface area contributed by atoms with E-state index in [1.54, 1.807) is 0 Å². The van der Waals surface area contributed by atoms with Crippen molar-refractivity contribution in [3.63, 3.8) is 0 Å². The molecule has 0 N–H and O–H groups in total. The molecule has 0 radical (unpaired) electrons. The molecule has 0 aromatic heterocycles. The van der Waals surface area contributed by atoms with Gasteiger partial charge in [-0.25, -0.2) is 0 Å². The molecule has 0 aromatic rings. The second kappa shape index (κ2) is 66.3. The van der Waals surface area contributed by atoms with Crippen LogP contribution in [0, 0.1) is 11.3 Å². The molecule has 2 atom stereocenters. The molecule has 0 saturated heterocycles. The first-order valence-corrected chi connectivity index (χ1v) is 40.0. The fraction of sp³-hybridized carbons (Fsp3) is 0.950. The van der Waals surface area contributed by atoms with E-state index >= 15 is 0 Å². The third-order valence-electron chi connectivity index (χ3n) is 19.7. The Morgan fingerprint density at radius 1 is 0.261 bits per heavy atom. The summed E-state index contributed by atoms with van der Waals surface area (Å²) in [5, 5.41) is 0. The largest absolute Gasteiger partial charge is 0.465 e. The Kier molecular flexibility index (Phi) is 63.2. The van der Waals surface area contributed by atoms with E-state index < -0.39 is 11.5 Å². The summed E-state index contributed by atoms with van der Waals surface area (Å²) in [5.74, 6) is -1.26. The van der Waals surface area contributed by atoms with Crippen molar-refractivity contribution in [2.45, 2.75) is 458 Å². The van der Waals surface area contributed by atoms with Crippen molar-refractivity contribution in [2.75, 3.05) is 19.8 Å². The van der Waals surface area contributed by atoms with Gasteiger partial charge in [0.15, 0.2) is 0 Å². The van der Waals surface area contributed by atoms with Gasteiger partial charge < -0.3 is 18.9 Å². The summed E-state index contributed by atoms with van der Waals surface area (Å²) >= 11 is 0. The molecule has 8 heteroatoms.